The first-order chi connectivity index (χ1) is 17.8. The Hall–Kier alpha value is -4.18. The molecule has 0 unspecified atom stereocenters. The van der Waals surface area contributed by atoms with Crippen LogP contribution in [0, 0.1) is 6.92 Å². The molecular weight excluding hydrogens is 506 g/mol. The third-order valence-electron chi connectivity index (χ3n) is 5.21. The molecule has 0 atom stereocenters. The molecule has 0 heterocycles. The third-order valence-corrected chi connectivity index (χ3v) is 7.01. The van der Waals surface area contributed by atoms with Gasteiger partial charge in [0.2, 0.25) is 0 Å². The summed E-state index contributed by atoms with van der Waals surface area (Å²) < 4.78 is 37.5. The average Bonchev–Trinajstić information content (AvgIpc) is 2.87. The molecule has 1 amide bonds. The summed E-state index contributed by atoms with van der Waals surface area (Å²) in [5.41, 5.74) is 4.26. The summed E-state index contributed by atoms with van der Waals surface area (Å²) in [5, 5.41) is 3.96. The number of hydrogen-bond acceptors (Lipinski definition) is 7. The van der Waals surface area contributed by atoms with E-state index in [0.717, 1.165) is 5.56 Å². The van der Waals surface area contributed by atoms with Gasteiger partial charge in [-0.1, -0.05) is 17.7 Å². The minimum absolute atomic E-state index is 0.185. The molecule has 200 valence electrons. The number of hydrazone groups is 1. The second-order valence-electron chi connectivity index (χ2n) is 9.48. The molecule has 9 nitrogen and oxygen atoms in total. The van der Waals surface area contributed by atoms with Crippen molar-refractivity contribution in [1.29, 1.82) is 0 Å². The molecule has 0 fully saturated rings. The van der Waals surface area contributed by atoms with E-state index in [-0.39, 0.29) is 11.5 Å². The summed E-state index contributed by atoms with van der Waals surface area (Å²) in [4.78, 5) is 24.4. The number of esters is 1. The van der Waals surface area contributed by atoms with E-state index in [4.69, 9.17) is 9.47 Å². The Balaban J connectivity index is 1.54. The quantitative estimate of drug-likeness (QED) is 0.247. The SMILES string of the molecule is Cc1ccc(S(=O)(=O)N(C)c2ccc(C(=O)N/N=C\c3ccc(OCC(=O)OC(C)(C)C)cc3)cc2)cc1. The molecule has 0 bridgehead atoms. The fourth-order valence-electron chi connectivity index (χ4n) is 3.22. The van der Waals surface area contributed by atoms with E-state index in [1.54, 1.807) is 81.4 Å². The highest BCUT2D eigenvalue weighted by atomic mass is 32.2. The lowest BCUT2D eigenvalue weighted by molar-refractivity contribution is -0.157. The van der Waals surface area contributed by atoms with Crippen LogP contribution in [0.4, 0.5) is 5.69 Å². The van der Waals surface area contributed by atoms with Crippen molar-refractivity contribution in [3.8, 4) is 5.75 Å². The second-order valence-corrected chi connectivity index (χ2v) is 11.4. The average molecular weight is 538 g/mol. The lowest BCUT2D eigenvalue weighted by Gasteiger charge is -2.19. The highest BCUT2D eigenvalue weighted by molar-refractivity contribution is 7.92. The number of benzene rings is 3. The number of carbonyl (C=O) groups excluding carboxylic acids is 2. The molecule has 3 aromatic carbocycles. The number of aryl methyl sites for hydroxylation is 1. The van der Waals surface area contributed by atoms with Crippen LogP contribution in [0.15, 0.2) is 82.8 Å². The molecule has 3 aromatic rings. The minimum Gasteiger partial charge on any atom is -0.482 e. The molecule has 1 N–H and O–H groups in total. The van der Waals surface area contributed by atoms with Gasteiger partial charge in [-0.15, -0.1) is 0 Å². The summed E-state index contributed by atoms with van der Waals surface area (Å²) >= 11 is 0. The Morgan fingerprint density at radius 2 is 1.55 bits per heavy atom. The number of sulfonamides is 1. The highest BCUT2D eigenvalue weighted by Gasteiger charge is 2.21. The first kappa shape index (κ1) is 28.4. The predicted molar refractivity (Wildman–Crippen MR) is 146 cm³/mol. The summed E-state index contributed by atoms with van der Waals surface area (Å²) in [6, 6.07) is 19.6. The monoisotopic (exact) mass is 537 g/mol. The zero-order valence-corrected chi connectivity index (χ0v) is 22.8. The number of ether oxygens (including phenoxy) is 2. The fraction of sp³-hybridized carbons (Fsp3) is 0.250. The van der Waals surface area contributed by atoms with E-state index >= 15 is 0 Å². The first-order valence-corrected chi connectivity index (χ1v) is 13.2. The molecule has 0 radical (unpaired) electrons. The Morgan fingerprint density at radius 3 is 2.13 bits per heavy atom. The Kier molecular flexibility index (Phi) is 8.90. The molecule has 0 aliphatic carbocycles. The van der Waals surface area contributed by atoms with Crippen molar-refractivity contribution in [1.82, 2.24) is 5.43 Å². The summed E-state index contributed by atoms with van der Waals surface area (Å²) in [6.07, 6.45) is 1.46. The van der Waals surface area contributed by atoms with Gasteiger partial charge in [-0.2, -0.15) is 5.10 Å². The summed E-state index contributed by atoms with van der Waals surface area (Å²) in [6.45, 7) is 7.03. The standard InChI is InChI=1S/C28H31N3O6S/c1-20-6-16-25(17-7-20)38(34,35)31(5)23-12-10-22(11-13-23)27(33)30-29-18-21-8-14-24(15-9-21)36-19-26(32)37-28(2,3)4/h6-18H,19H2,1-5H3,(H,30,33)/b29-18-. The van der Waals surface area contributed by atoms with E-state index < -0.39 is 27.5 Å². The number of carbonyl (C=O) groups is 2. The van der Waals surface area contributed by atoms with Gasteiger partial charge in [0.15, 0.2) is 6.61 Å². The van der Waals surface area contributed by atoms with Gasteiger partial charge in [0.1, 0.15) is 11.4 Å². The van der Waals surface area contributed by atoms with Gasteiger partial charge in [-0.25, -0.2) is 18.6 Å². The van der Waals surface area contributed by atoms with Crippen molar-refractivity contribution >= 4 is 33.8 Å². The maximum atomic E-state index is 12.9. The van der Waals surface area contributed by atoms with E-state index in [9.17, 15) is 18.0 Å². The van der Waals surface area contributed by atoms with Crippen LogP contribution < -0.4 is 14.5 Å². The smallest absolute Gasteiger partial charge is 0.344 e. The molecule has 10 heteroatoms. The van der Waals surface area contributed by atoms with E-state index in [2.05, 4.69) is 10.5 Å². The van der Waals surface area contributed by atoms with Gasteiger partial charge < -0.3 is 9.47 Å². The van der Waals surface area contributed by atoms with Crippen molar-refractivity contribution in [2.75, 3.05) is 18.0 Å². The number of rotatable bonds is 9. The van der Waals surface area contributed by atoms with Crippen molar-refractivity contribution in [3.05, 3.63) is 89.5 Å². The van der Waals surface area contributed by atoms with Crippen LogP contribution >= 0.6 is 0 Å². The maximum absolute atomic E-state index is 12.9. The Labute approximate surface area is 223 Å². The van der Waals surface area contributed by atoms with Gasteiger partial charge in [0, 0.05) is 12.6 Å². The molecule has 0 saturated carbocycles. The molecule has 0 aromatic heterocycles. The molecule has 0 aliphatic heterocycles. The first-order valence-electron chi connectivity index (χ1n) is 11.8. The van der Waals surface area contributed by atoms with Gasteiger partial charge in [0.25, 0.3) is 15.9 Å². The summed E-state index contributed by atoms with van der Waals surface area (Å²) in [5.74, 6) is -0.418. The van der Waals surface area contributed by atoms with Crippen LogP contribution in [-0.4, -0.2) is 45.8 Å². The van der Waals surface area contributed by atoms with E-state index in [1.807, 2.05) is 6.92 Å². The topological polar surface area (TPSA) is 114 Å². The number of anilines is 1. The molecule has 0 saturated heterocycles. The molecular formula is C28H31N3O6S. The fourth-order valence-corrected chi connectivity index (χ4v) is 4.42. The molecule has 0 aliphatic rings. The van der Waals surface area contributed by atoms with Gasteiger partial charge in [0.05, 0.1) is 16.8 Å². The zero-order chi connectivity index (χ0) is 27.9. The maximum Gasteiger partial charge on any atom is 0.344 e. The third kappa shape index (κ3) is 7.91. The predicted octanol–water partition coefficient (Wildman–Crippen LogP) is 4.30. The number of nitrogens with zero attached hydrogens (tertiary/aromatic N) is 2. The molecule has 38 heavy (non-hydrogen) atoms. The largest absolute Gasteiger partial charge is 0.482 e. The van der Waals surface area contributed by atoms with Gasteiger partial charge in [-0.3, -0.25) is 9.10 Å². The molecule has 3 rings (SSSR count). The van der Waals surface area contributed by atoms with Crippen molar-refractivity contribution < 1.29 is 27.5 Å². The summed E-state index contributed by atoms with van der Waals surface area (Å²) in [7, 11) is -2.27. The minimum atomic E-state index is -3.73. The number of nitrogens with one attached hydrogen (secondary N) is 1. The van der Waals surface area contributed by atoms with Gasteiger partial charge >= 0.3 is 5.97 Å². The van der Waals surface area contributed by atoms with E-state index in [1.165, 1.54) is 29.7 Å². The van der Waals surface area contributed by atoms with Crippen LogP contribution in [0.1, 0.15) is 42.3 Å². The lowest BCUT2D eigenvalue weighted by Crippen LogP contribution is -2.27. The lowest BCUT2D eigenvalue weighted by atomic mass is 10.2. The van der Waals surface area contributed by atoms with Crippen molar-refractivity contribution in [2.45, 2.75) is 38.2 Å². The van der Waals surface area contributed by atoms with Crippen LogP contribution in [-0.2, 0) is 19.6 Å². The van der Waals surface area contributed by atoms with Crippen LogP contribution in [0.2, 0.25) is 0 Å². The molecule has 0 spiro atoms. The van der Waals surface area contributed by atoms with Crippen LogP contribution in [0.5, 0.6) is 5.75 Å². The Bertz CT molecular complexity index is 1390. The van der Waals surface area contributed by atoms with Gasteiger partial charge in [-0.05, 0) is 93.9 Å². The zero-order valence-electron chi connectivity index (χ0n) is 22.0. The van der Waals surface area contributed by atoms with E-state index in [0.29, 0.717) is 22.6 Å². The van der Waals surface area contributed by atoms with Crippen molar-refractivity contribution in [3.63, 3.8) is 0 Å². The van der Waals surface area contributed by atoms with Crippen molar-refractivity contribution in [2.24, 2.45) is 5.10 Å². The second kappa shape index (κ2) is 11.9. The number of amides is 1. The van der Waals surface area contributed by atoms with Crippen LogP contribution in [0.25, 0.3) is 0 Å². The number of hydrogen-bond donors (Lipinski definition) is 1. The normalized spacial score (nSPS) is 11.7. The van der Waals surface area contributed by atoms with Crippen LogP contribution in [0.3, 0.4) is 0 Å². The Morgan fingerprint density at radius 1 is 0.947 bits per heavy atom. The highest BCUT2D eigenvalue weighted by Crippen LogP contribution is 2.23.